The Morgan fingerprint density at radius 2 is 1.79 bits per heavy atom. The van der Waals surface area contributed by atoms with Crippen molar-refractivity contribution in [1.29, 1.82) is 0 Å². The Kier molecular flexibility index (Phi) is 7.67. The lowest BCUT2D eigenvalue weighted by molar-refractivity contribution is -0.135. The van der Waals surface area contributed by atoms with Crippen LogP contribution in [0.4, 0.5) is 0 Å². The summed E-state index contributed by atoms with van der Waals surface area (Å²) in [4.78, 5) is 11.0. The Balaban J connectivity index is 4.01. The van der Waals surface area contributed by atoms with Crippen molar-refractivity contribution in [2.24, 2.45) is 0 Å². The molecule has 0 fully saturated rings. The minimum absolute atomic E-state index is 0.389. The summed E-state index contributed by atoms with van der Waals surface area (Å²) < 4.78 is 15.2. The number of hydrogen-bond acceptors (Lipinski definition) is 4. The molecule has 0 atom stereocenters. The second-order valence-electron chi connectivity index (χ2n) is 2.42. The fourth-order valence-corrected chi connectivity index (χ4v) is 2.06. The van der Waals surface area contributed by atoms with Gasteiger partial charge in [0.05, 0.1) is 20.3 Å². The van der Waals surface area contributed by atoms with E-state index >= 15 is 0 Å². The molecule has 5 heteroatoms. The Hall–Kier alpha value is -0.440. The number of methoxy groups -OCH3 is 1. The van der Waals surface area contributed by atoms with Gasteiger partial charge in [0.1, 0.15) is 0 Å². The third-order valence-corrected chi connectivity index (χ3v) is 3.07. The summed E-state index contributed by atoms with van der Waals surface area (Å²) in [5, 5.41) is 0. The first-order valence-corrected chi connectivity index (χ1v) is 5.81. The van der Waals surface area contributed by atoms with E-state index in [1.807, 2.05) is 13.8 Å². The molecule has 0 spiro atoms. The zero-order valence-corrected chi connectivity index (χ0v) is 9.80. The number of hydrogen-bond donors (Lipinski definition) is 0. The van der Waals surface area contributed by atoms with E-state index in [-0.39, 0.29) is 0 Å². The van der Waals surface area contributed by atoms with E-state index in [2.05, 4.69) is 11.3 Å². The van der Waals surface area contributed by atoms with Gasteiger partial charge in [-0.15, -0.1) is 0 Å². The molecule has 82 valence electrons. The Labute approximate surface area is 86.1 Å². The van der Waals surface area contributed by atoms with Crippen LogP contribution in [0.25, 0.3) is 0 Å². The molecule has 4 nitrogen and oxygen atoms in total. The van der Waals surface area contributed by atoms with E-state index in [1.165, 1.54) is 7.11 Å². The van der Waals surface area contributed by atoms with Gasteiger partial charge in [-0.3, -0.25) is 0 Å². The molecule has 0 N–H and O–H groups in total. The molecule has 0 aromatic heterocycles. The van der Waals surface area contributed by atoms with Crippen LogP contribution in [-0.2, 0) is 18.6 Å². The third-order valence-electron chi connectivity index (χ3n) is 1.34. The van der Waals surface area contributed by atoms with E-state index < -0.39 is 14.3 Å². The van der Waals surface area contributed by atoms with Crippen molar-refractivity contribution in [1.82, 2.24) is 0 Å². The normalized spacial score (nSPS) is 10.3. The number of carbonyl (C=O) groups is 1. The average molecular weight is 220 g/mol. The monoisotopic (exact) mass is 220 g/mol. The molecule has 14 heavy (non-hydrogen) atoms. The molecule has 0 heterocycles. The molecule has 0 aromatic rings. The van der Waals surface area contributed by atoms with Crippen LogP contribution in [0.2, 0.25) is 0 Å². The first-order chi connectivity index (χ1) is 6.65. The van der Waals surface area contributed by atoms with E-state index in [4.69, 9.17) is 9.05 Å². The van der Waals surface area contributed by atoms with Crippen LogP contribution in [0, 0.1) is 0 Å². The van der Waals surface area contributed by atoms with E-state index in [9.17, 15) is 4.79 Å². The summed E-state index contributed by atoms with van der Waals surface area (Å²) in [5.41, 5.74) is 0.389. The summed E-state index contributed by atoms with van der Waals surface area (Å²) >= 11 is 0. The zero-order chi connectivity index (χ0) is 11.0. The molecular formula is C9H17O4P. The third kappa shape index (κ3) is 5.32. The second kappa shape index (κ2) is 7.92. The molecule has 0 aliphatic carbocycles. The van der Waals surface area contributed by atoms with Gasteiger partial charge in [-0.05, 0) is 13.8 Å². The minimum atomic E-state index is -1.04. The summed E-state index contributed by atoms with van der Waals surface area (Å²) in [7, 11) is 0.292. The summed E-state index contributed by atoms with van der Waals surface area (Å²) in [6.45, 7) is 8.52. The number of rotatable bonds is 7. The Bertz CT molecular complexity index is 187. The standard InChI is InChI=1S/C9H17O4P/c1-5-12-14(13-6-2)7-8(3)9(10)11-4/h3,5-7H2,1-2,4H3. The smallest absolute Gasteiger partial charge is 0.333 e. The highest BCUT2D eigenvalue weighted by Gasteiger charge is 2.16. The van der Waals surface area contributed by atoms with Crippen LogP contribution >= 0.6 is 8.38 Å². The fourth-order valence-electron chi connectivity index (χ4n) is 0.781. The lowest BCUT2D eigenvalue weighted by Crippen LogP contribution is -2.08. The maximum Gasteiger partial charge on any atom is 0.333 e. The van der Waals surface area contributed by atoms with E-state index in [0.29, 0.717) is 24.9 Å². The van der Waals surface area contributed by atoms with Crippen LogP contribution in [-0.4, -0.2) is 32.5 Å². The minimum Gasteiger partial charge on any atom is -0.466 e. The Morgan fingerprint density at radius 3 is 2.14 bits per heavy atom. The molecule has 0 bridgehead atoms. The van der Waals surface area contributed by atoms with Gasteiger partial charge in [-0.2, -0.15) is 0 Å². The first-order valence-electron chi connectivity index (χ1n) is 4.45. The lowest BCUT2D eigenvalue weighted by atomic mass is 10.4. The lowest BCUT2D eigenvalue weighted by Gasteiger charge is -2.15. The van der Waals surface area contributed by atoms with Gasteiger partial charge >= 0.3 is 5.97 Å². The number of carbonyl (C=O) groups excluding carboxylic acids is 1. The summed E-state index contributed by atoms with van der Waals surface area (Å²) in [5.74, 6) is -0.406. The summed E-state index contributed by atoms with van der Waals surface area (Å²) in [6.07, 6.45) is 0.406. The van der Waals surface area contributed by atoms with Crippen LogP contribution in [0.5, 0.6) is 0 Å². The SMILES string of the molecule is C=C(CP(OCC)OCC)C(=O)OC. The summed E-state index contributed by atoms with van der Waals surface area (Å²) in [6, 6.07) is 0. The predicted octanol–water partition coefficient (Wildman–Crippen LogP) is 2.10. The van der Waals surface area contributed by atoms with Crippen molar-refractivity contribution < 1.29 is 18.6 Å². The zero-order valence-electron chi connectivity index (χ0n) is 8.91. The van der Waals surface area contributed by atoms with Gasteiger partial charge < -0.3 is 13.8 Å². The molecule has 0 radical (unpaired) electrons. The Morgan fingerprint density at radius 1 is 1.29 bits per heavy atom. The van der Waals surface area contributed by atoms with Crippen molar-refractivity contribution in [2.75, 3.05) is 26.5 Å². The van der Waals surface area contributed by atoms with Crippen LogP contribution < -0.4 is 0 Å². The average Bonchev–Trinajstić information content (AvgIpc) is 2.17. The van der Waals surface area contributed by atoms with Gasteiger partial charge in [-0.1, -0.05) is 6.58 Å². The molecular weight excluding hydrogens is 203 g/mol. The van der Waals surface area contributed by atoms with Gasteiger partial charge in [0.15, 0.2) is 8.38 Å². The van der Waals surface area contributed by atoms with Crippen LogP contribution in [0.3, 0.4) is 0 Å². The van der Waals surface area contributed by atoms with Gasteiger partial charge in [-0.25, -0.2) is 4.79 Å². The number of esters is 1. The van der Waals surface area contributed by atoms with Gasteiger partial charge in [0, 0.05) is 11.7 Å². The molecule has 0 aliphatic heterocycles. The molecule has 0 amide bonds. The van der Waals surface area contributed by atoms with Crippen molar-refractivity contribution >= 4 is 14.3 Å². The quantitative estimate of drug-likeness (QED) is 0.374. The van der Waals surface area contributed by atoms with E-state index in [0.717, 1.165) is 0 Å². The van der Waals surface area contributed by atoms with Gasteiger partial charge in [0.25, 0.3) is 0 Å². The molecule has 0 rings (SSSR count). The van der Waals surface area contributed by atoms with E-state index in [1.54, 1.807) is 0 Å². The van der Waals surface area contributed by atoms with Crippen molar-refractivity contribution in [3.8, 4) is 0 Å². The van der Waals surface area contributed by atoms with Crippen LogP contribution in [0.1, 0.15) is 13.8 Å². The topological polar surface area (TPSA) is 44.8 Å². The molecule has 0 saturated heterocycles. The highest BCUT2D eigenvalue weighted by Crippen LogP contribution is 2.39. The maximum atomic E-state index is 11.0. The van der Waals surface area contributed by atoms with Crippen molar-refractivity contribution in [3.05, 3.63) is 12.2 Å². The molecule has 0 unspecified atom stereocenters. The highest BCUT2D eigenvalue weighted by atomic mass is 31.2. The van der Waals surface area contributed by atoms with Crippen molar-refractivity contribution in [2.45, 2.75) is 13.8 Å². The molecule has 0 aromatic carbocycles. The van der Waals surface area contributed by atoms with Crippen LogP contribution in [0.15, 0.2) is 12.2 Å². The molecule has 0 saturated carbocycles. The predicted molar refractivity (Wildman–Crippen MR) is 56.2 cm³/mol. The number of ether oxygens (including phenoxy) is 1. The first kappa shape index (κ1) is 13.6. The van der Waals surface area contributed by atoms with Gasteiger partial charge in [0.2, 0.25) is 0 Å². The largest absolute Gasteiger partial charge is 0.466 e. The maximum absolute atomic E-state index is 11.0. The van der Waals surface area contributed by atoms with Crippen molar-refractivity contribution in [3.63, 3.8) is 0 Å². The molecule has 0 aliphatic rings. The highest BCUT2D eigenvalue weighted by molar-refractivity contribution is 7.47. The fraction of sp³-hybridized carbons (Fsp3) is 0.667. The second-order valence-corrected chi connectivity index (χ2v) is 3.92.